The Balaban J connectivity index is 1.59. The van der Waals surface area contributed by atoms with E-state index in [-0.39, 0.29) is 18.2 Å². The second-order valence-corrected chi connectivity index (χ2v) is 6.57. The number of nitrogens with one attached hydrogen (secondary N) is 1. The van der Waals surface area contributed by atoms with E-state index >= 15 is 0 Å². The third-order valence-electron chi connectivity index (χ3n) is 4.76. The number of para-hydroxylation sites is 1. The number of carbonyl (C=O) groups excluding carboxylic acids is 2. The number of anilines is 1. The number of ketones is 1. The highest BCUT2D eigenvalue weighted by Gasteiger charge is 2.15. The van der Waals surface area contributed by atoms with E-state index < -0.39 is 0 Å². The van der Waals surface area contributed by atoms with Crippen molar-refractivity contribution in [1.82, 2.24) is 4.57 Å². The highest BCUT2D eigenvalue weighted by Crippen LogP contribution is 2.23. The van der Waals surface area contributed by atoms with E-state index in [1.165, 1.54) is 0 Å². The van der Waals surface area contributed by atoms with E-state index in [9.17, 15) is 9.59 Å². The maximum atomic E-state index is 12.6. The van der Waals surface area contributed by atoms with E-state index in [4.69, 9.17) is 0 Å². The standard InChI is InChI=1S/C23H20N2O2/c1-2-22(26)20-14-25(21-10-6-5-9-19(20)21)15-23(27)24-18-12-11-16-7-3-4-8-17(16)13-18/h3-14H,2,15H2,1H3,(H,24,27). The van der Waals surface area contributed by atoms with Crippen LogP contribution in [0.2, 0.25) is 0 Å². The number of hydrogen-bond acceptors (Lipinski definition) is 2. The van der Waals surface area contributed by atoms with E-state index in [1.54, 1.807) is 6.20 Å². The van der Waals surface area contributed by atoms with E-state index in [1.807, 2.05) is 78.2 Å². The van der Waals surface area contributed by atoms with Crippen LogP contribution in [0.15, 0.2) is 72.9 Å². The Kier molecular flexibility index (Phi) is 4.47. The van der Waals surface area contributed by atoms with Crippen LogP contribution in [0.3, 0.4) is 0 Å². The Morgan fingerprint density at radius 1 is 0.926 bits per heavy atom. The summed E-state index contributed by atoms with van der Waals surface area (Å²) in [5, 5.41) is 6.06. The van der Waals surface area contributed by atoms with Gasteiger partial charge in [0.1, 0.15) is 6.54 Å². The number of carbonyl (C=O) groups is 2. The van der Waals surface area contributed by atoms with Gasteiger partial charge in [0.2, 0.25) is 5.91 Å². The highest BCUT2D eigenvalue weighted by atomic mass is 16.2. The zero-order valence-electron chi connectivity index (χ0n) is 15.1. The molecule has 3 aromatic carbocycles. The Hall–Kier alpha value is -3.40. The van der Waals surface area contributed by atoms with Gasteiger partial charge >= 0.3 is 0 Å². The average molecular weight is 356 g/mol. The summed E-state index contributed by atoms with van der Waals surface area (Å²) < 4.78 is 1.84. The highest BCUT2D eigenvalue weighted by molar-refractivity contribution is 6.08. The number of fused-ring (bicyclic) bond motifs is 2. The van der Waals surface area contributed by atoms with Crippen molar-refractivity contribution in [2.45, 2.75) is 19.9 Å². The lowest BCUT2D eigenvalue weighted by Crippen LogP contribution is -2.18. The molecule has 4 nitrogen and oxygen atoms in total. The number of amides is 1. The van der Waals surface area contributed by atoms with Crippen LogP contribution < -0.4 is 5.32 Å². The summed E-state index contributed by atoms with van der Waals surface area (Å²) >= 11 is 0. The molecule has 0 spiro atoms. The zero-order valence-corrected chi connectivity index (χ0v) is 15.1. The molecule has 0 unspecified atom stereocenters. The van der Waals surface area contributed by atoms with Crippen LogP contribution in [-0.4, -0.2) is 16.3 Å². The quantitative estimate of drug-likeness (QED) is 0.510. The molecule has 134 valence electrons. The molecule has 0 aliphatic carbocycles. The number of benzene rings is 3. The molecular weight excluding hydrogens is 336 g/mol. The van der Waals surface area contributed by atoms with Crippen molar-refractivity contribution in [3.8, 4) is 0 Å². The average Bonchev–Trinajstić information content (AvgIpc) is 3.06. The van der Waals surface area contributed by atoms with Crippen molar-refractivity contribution >= 4 is 39.1 Å². The van der Waals surface area contributed by atoms with Crippen molar-refractivity contribution in [1.29, 1.82) is 0 Å². The summed E-state index contributed by atoms with van der Waals surface area (Å²) in [7, 11) is 0. The second-order valence-electron chi connectivity index (χ2n) is 6.57. The van der Waals surface area contributed by atoms with Crippen LogP contribution in [0.5, 0.6) is 0 Å². The molecule has 1 amide bonds. The number of nitrogens with zero attached hydrogens (tertiary/aromatic N) is 1. The lowest BCUT2D eigenvalue weighted by molar-refractivity contribution is -0.116. The topological polar surface area (TPSA) is 51.1 Å². The predicted octanol–water partition coefficient (Wildman–Crippen LogP) is 5.03. The minimum absolute atomic E-state index is 0.0832. The molecule has 4 rings (SSSR count). The first-order valence-corrected chi connectivity index (χ1v) is 9.05. The van der Waals surface area contributed by atoms with E-state index in [0.29, 0.717) is 12.0 Å². The summed E-state index contributed by atoms with van der Waals surface area (Å²) in [5.74, 6) is -0.0404. The third-order valence-corrected chi connectivity index (χ3v) is 4.76. The molecule has 1 aromatic heterocycles. The Morgan fingerprint density at radius 2 is 1.67 bits per heavy atom. The summed E-state index contributed by atoms with van der Waals surface area (Å²) in [6, 6.07) is 21.6. The number of rotatable bonds is 5. The molecule has 0 bridgehead atoms. The lowest BCUT2D eigenvalue weighted by Gasteiger charge is -2.08. The first-order chi connectivity index (χ1) is 13.2. The second kappa shape index (κ2) is 7.08. The van der Waals surface area contributed by atoms with Crippen LogP contribution in [0.1, 0.15) is 23.7 Å². The Labute approximate surface area is 157 Å². The van der Waals surface area contributed by atoms with Crippen molar-refractivity contribution in [2.75, 3.05) is 5.32 Å². The fourth-order valence-corrected chi connectivity index (χ4v) is 3.41. The normalized spacial score (nSPS) is 11.0. The van der Waals surface area contributed by atoms with Crippen molar-refractivity contribution in [3.05, 3.63) is 78.5 Å². The lowest BCUT2D eigenvalue weighted by atomic mass is 10.1. The Bertz CT molecular complexity index is 1160. The van der Waals surface area contributed by atoms with Gasteiger partial charge in [-0.3, -0.25) is 9.59 Å². The number of hydrogen-bond donors (Lipinski definition) is 1. The largest absolute Gasteiger partial charge is 0.337 e. The molecule has 0 fully saturated rings. The smallest absolute Gasteiger partial charge is 0.244 e. The van der Waals surface area contributed by atoms with Crippen LogP contribution in [0, 0.1) is 0 Å². The van der Waals surface area contributed by atoms with Gasteiger partial charge in [-0.15, -0.1) is 0 Å². The number of aromatic nitrogens is 1. The maximum absolute atomic E-state index is 12.6. The molecule has 0 saturated heterocycles. The minimum atomic E-state index is -0.124. The fraction of sp³-hybridized carbons (Fsp3) is 0.130. The molecule has 0 aliphatic heterocycles. The van der Waals surface area contributed by atoms with Gasteiger partial charge in [0.25, 0.3) is 0 Å². The zero-order chi connectivity index (χ0) is 18.8. The van der Waals surface area contributed by atoms with E-state index in [0.717, 1.165) is 27.4 Å². The van der Waals surface area contributed by atoms with Crippen molar-refractivity contribution in [3.63, 3.8) is 0 Å². The van der Waals surface area contributed by atoms with Crippen molar-refractivity contribution in [2.24, 2.45) is 0 Å². The van der Waals surface area contributed by atoms with Crippen LogP contribution in [-0.2, 0) is 11.3 Å². The van der Waals surface area contributed by atoms with Gasteiger partial charge in [-0.1, -0.05) is 55.5 Å². The number of Topliss-reactive ketones (excluding diaryl/α,β-unsaturated/α-hetero) is 1. The molecule has 0 aliphatic rings. The van der Waals surface area contributed by atoms with Gasteiger partial charge in [-0.25, -0.2) is 0 Å². The van der Waals surface area contributed by atoms with Gasteiger partial charge < -0.3 is 9.88 Å². The Morgan fingerprint density at radius 3 is 2.48 bits per heavy atom. The van der Waals surface area contributed by atoms with Crippen LogP contribution in [0.25, 0.3) is 21.7 Å². The maximum Gasteiger partial charge on any atom is 0.244 e. The van der Waals surface area contributed by atoms with Gasteiger partial charge in [-0.05, 0) is 29.0 Å². The summed E-state index contributed by atoms with van der Waals surface area (Å²) in [5.41, 5.74) is 2.33. The minimum Gasteiger partial charge on any atom is -0.337 e. The van der Waals surface area contributed by atoms with Gasteiger partial charge in [0, 0.05) is 34.8 Å². The first kappa shape index (κ1) is 17.0. The monoisotopic (exact) mass is 356 g/mol. The molecule has 1 heterocycles. The van der Waals surface area contributed by atoms with Gasteiger partial charge in [0.15, 0.2) is 5.78 Å². The predicted molar refractivity (Wildman–Crippen MR) is 109 cm³/mol. The van der Waals surface area contributed by atoms with Crippen LogP contribution >= 0.6 is 0 Å². The summed E-state index contributed by atoms with van der Waals surface area (Å²) in [6.07, 6.45) is 2.23. The van der Waals surface area contributed by atoms with Crippen LogP contribution in [0.4, 0.5) is 5.69 Å². The third kappa shape index (κ3) is 3.34. The molecule has 0 atom stereocenters. The molecule has 4 heteroatoms. The molecule has 27 heavy (non-hydrogen) atoms. The van der Waals surface area contributed by atoms with Gasteiger partial charge in [-0.2, -0.15) is 0 Å². The first-order valence-electron chi connectivity index (χ1n) is 9.05. The fourth-order valence-electron chi connectivity index (χ4n) is 3.41. The summed E-state index contributed by atoms with van der Waals surface area (Å²) in [4.78, 5) is 24.8. The van der Waals surface area contributed by atoms with E-state index in [2.05, 4.69) is 5.32 Å². The molecule has 0 saturated carbocycles. The molecule has 0 radical (unpaired) electrons. The van der Waals surface area contributed by atoms with Crippen molar-refractivity contribution < 1.29 is 9.59 Å². The molecule has 1 N–H and O–H groups in total. The SMILES string of the molecule is CCC(=O)c1cn(CC(=O)Nc2ccc3ccccc3c2)c2ccccc12. The molecule has 4 aromatic rings. The van der Waals surface area contributed by atoms with Gasteiger partial charge in [0.05, 0.1) is 0 Å². The molecular formula is C23H20N2O2. The summed E-state index contributed by atoms with van der Waals surface area (Å²) in [6.45, 7) is 2.01.